The van der Waals surface area contributed by atoms with E-state index in [1.165, 1.54) is 0 Å². The average molecular weight is 207 g/mol. The highest BCUT2D eigenvalue weighted by Gasteiger charge is 2.11. The molecule has 1 atom stereocenters. The molecule has 1 rings (SSSR count). The molecule has 1 aromatic rings. The summed E-state index contributed by atoms with van der Waals surface area (Å²) in [6.07, 6.45) is 0.508. The largest absolute Gasteiger partial charge is 0.409 e. The van der Waals surface area contributed by atoms with Crippen LogP contribution in [-0.4, -0.2) is 17.6 Å². The Labute approximate surface area is 89.8 Å². The number of benzene rings is 1. The summed E-state index contributed by atoms with van der Waals surface area (Å²) in [5, 5.41) is 14.8. The van der Waals surface area contributed by atoms with Crippen molar-refractivity contribution in [3.8, 4) is 0 Å². The molecule has 0 spiro atoms. The molecule has 0 saturated heterocycles. The van der Waals surface area contributed by atoms with Gasteiger partial charge in [0, 0.05) is 12.5 Å². The number of nitrogens with one attached hydrogen (secondary N) is 1. The molecule has 0 aromatic heterocycles. The van der Waals surface area contributed by atoms with E-state index in [0.29, 0.717) is 6.42 Å². The molecule has 0 radical (unpaired) electrons. The van der Waals surface area contributed by atoms with Crippen LogP contribution >= 0.6 is 0 Å². The van der Waals surface area contributed by atoms with Crippen LogP contribution in [0.3, 0.4) is 0 Å². The molecule has 1 aromatic carbocycles. The van der Waals surface area contributed by atoms with E-state index in [1.807, 2.05) is 37.3 Å². The topological polar surface area (TPSA) is 70.6 Å². The maximum Gasteiger partial charge on any atom is 0.141 e. The Morgan fingerprint density at radius 1 is 1.47 bits per heavy atom. The second-order valence-corrected chi connectivity index (χ2v) is 3.32. The summed E-state index contributed by atoms with van der Waals surface area (Å²) in [4.78, 5) is 0. The smallest absolute Gasteiger partial charge is 0.141 e. The Morgan fingerprint density at radius 3 is 2.67 bits per heavy atom. The first-order valence-corrected chi connectivity index (χ1v) is 5.02. The number of nitrogens with two attached hydrogens (primary N) is 1. The number of hydrogen-bond acceptors (Lipinski definition) is 3. The monoisotopic (exact) mass is 207 g/mol. The first kappa shape index (κ1) is 11.5. The van der Waals surface area contributed by atoms with Crippen molar-refractivity contribution in [1.29, 1.82) is 0 Å². The van der Waals surface area contributed by atoms with Gasteiger partial charge in [-0.3, -0.25) is 0 Å². The zero-order valence-electron chi connectivity index (χ0n) is 8.85. The predicted molar refractivity (Wildman–Crippen MR) is 60.9 cm³/mol. The maximum atomic E-state index is 8.53. The highest BCUT2D eigenvalue weighted by Crippen LogP contribution is 2.15. The van der Waals surface area contributed by atoms with Crippen LogP contribution in [0.15, 0.2) is 35.5 Å². The average Bonchev–Trinajstić information content (AvgIpc) is 2.29. The molecule has 82 valence electrons. The van der Waals surface area contributed by atoms with Gasteiger partial charge in [0.1, 0.15) is 5.84 Å². The van der Waals surface area contributed by atoms with E-state index in [0.717, 1.165) is 12.1 Å². The zero-order valence-corrected chi connectivity index (χ0v) is 8.85. The lowest BCUT2D eigenvalue weighted by molar-refractivity contribution is 0.315. The first-order chi connectivity index (χ1) is 7.27. The zero-order chi connectivity index (χ0) is 11.1. The lowest BCUT2D eigenvalue weighted by atomic mass is 10.0. The van der Waals surface area contributed by atoms with Gasteiger partial charge in [0.2, 0.25) is 0 Å². The van der Waals surface area contributed by atoms with Crippen LogP contribution in [0.2, 0.25) is 0 Å². The highest BCUT2D eigenvalue weighted by molar-refractivity contribution is 5.80. The first-order valence-electron chi connectivity index (χ1n) is 5.02. The Bertz CT molecular complexity index is 311. The van der Waals surface area contributed by atoms with E-state index in [1.54, 1.807) is 0 Å². The Morgan fingerprint density at radius 2 is 2.13 bits per heavy atom. The van der Waals surface area contributed by atoms with Gasteiger partial charge in [0.05, 0.1) is 0 Å². The second-order valence-electron chi connectivity index (χ2n) is 3.32. The molecule has 0 aliphatic heterocycles. The number of rotatable bonds is 5. The number of oxime groups is 1. The summed E-state index contributed by atoms with van der Waals surface area (Å²) in [7, 11) is 0. The van der Waals surface area contributed by atoms with E-state index >= 15 is 0 Å². The van der Waals surface area contributed by atoms with Crippen molar-refractivity contribution in [2.75, 3.05) is 6.54 Å². The van der Waals surface area contributed by atoms with Crippen LogP contribution in [0, 0.1) is 0 Å². The van der Waals surface area contributed by atoms with Gasteiger partial charge in [0.25, 0.3) is 0 Å². The maximum absolute atomic E-state index is 8.53. The van der Waals surface area contributed by atoms with E-state index in [4.69, 9.17) is 10.9 Å². The van der Waals surface area contributed by atoms with Crippen molar-refractivity contribution in [3.63, 3.8) is 0 Å². The Kier molecular flexibility index (Phi) is 4.63. The van der Waals surface area contributed by atoms with Gasteiger partial charge in [-0.15, -0.1) is 0 Å². The molecule has 0 fully saturated rings. The van der Waals surface area contributed by atoms with Crippen molar-refractivity contribution in [2.45, 2.75) is 19.4 Å². The Hall–Kier alpha value is -1.55. The highest BCUT2D eigenvalue weighted by atomic mass is 16.4. The van der Waals surface area contributed by atoms with Crippen molar-refractivity contribution in [2.24, 2.45) is 10.9 Å². The van der Waals surface area contributed by atoms with Crippen LogP contribution in [0.5, 0.6) is 0 Å². The molecule has 4 heteroatoms. The summed E-state index contributed by atoms with van der Waals surface area (Å²) >= 11 is 0. The van der Waals surface area contributed by atoms with Crippen LogP contribution < -0.4 is 11.1 Å². The minimum Gasteiger partial charge on any atom is -0.409 e. The van der Waals surface area contributed by atoms with Crippen LogP contribution in [0.4, 0.5) is 0 Å². The summed E-state index contributed by atoms with van der Waals surface area (Å²) in [5.41, 5.74) is 6.65. The van der Waals surface area contributed by atoms with Crippen molar-refractivity contribution >= 4 is 5.84 Å². The molecule has 0 aliphatic carbocycles. The third-order valence-electron chi connectivity index (χ3n) is 2.19. The molecular weight excluding hydrogens is 190 g/mol. The summed E-state index contributed by atoms with van der Waals surface area (Å²) in [5.74, 6) is 0.241. The van der Waals surface area contributed by atoms with Gasteiger partial charge < -0.3 is 16.3 Å². The molecule has 0 saturated carbocycles. The normalized spacial score (nSPS) is 13.8. The van der Waals surface area contributed by atoms with Gasteiger partial charge in [-0.25, -0.2) is 0 Å². The summed E-state index contributed by atoms with van der Waals surface area (Å²) in [6.45, 7) is 2.88. The number of nitrogens with zero attached hydrogens (tertiary/aromatic N) is 1. The van der Waals surface area contributed by atoms with Crippen molar-refractivity contribution < 1.29 is 5.21 Å². The van der Waals surface area contributed by atoms with Gasteiger partial charge in [-0.1, -0.05) is 42.4 Å². The fourth-order valence-corrected chi connectivity index (χ4v) is 1.49. The van der Waals surface area contributed by atoms with Gasteiger partial charge in [-0.05, 0) is 12.1 Å². The van der Waals surface area contributed by atoms with Gasteiger partial charge in [-0.2, -0.15) is 0 Å². The van der Waals surface area contributed by atoms with Crippen LogP contribution in [-0.2, 0) is 0 Å². The number of hydrogen-bond donors (Lipinski definition) is 3. The van der Waals surface area contributed by atoms with Crippen LogP contribution in [0.1, 0.15) is 24.9 Å². The predicted octanol–water partition coefficient (Wildman–Crippen LogP) is 1.47. The fourth-order valence-electron chi connectivity index (χ4n) is 1.49. The molecule has 4 N–H and O–H groups in total. The number of amidine groups is 1. The lowest BCUT2D eigenvalue weighted by Gasteiger charge is -2.17. The van der Waals surface area contributed by atoms with Crippen LogP contribution in [0.25, 0.3) is 0 Å². The molecular formula is C11H17N3O. The third-order valence-corrected chi connectivity index (χ3v) is 2.19. The van der Waals surface area contributed by atoms with E-state index in [-0.39, 0.29) is 11.9 Å². The van der Waals surface area contributed by atoms with E-state index < -0.39 is 0 Å². The molecule has 0 aliphatic rings. The molecule has 15 heavy (non-hydrogen) atoms. The fraction of sp³-hybridized carbons (Fsp3) is 0.364. The second kappa shape index (κ2) is 6.03. The van der Waals surface area contributed by atoms with Crippen molar-refractivity contribution in [3.05, 3.63) is 35.9 Å². The van der Waals surface area contributed by atoms with Crippen molar-refractivity contribution in [1.82, 2.24) is 5.32 Å². The molecule has 0 bridgehead atoms. The summed E-state index contributed by atoms with van der Waals surface area (Å²) in [6, 6.07) is 10.1. The van der Waals surface area contributed by atoms with Gasteiger partial charge in [0.15, 0.2) is 0 Å². The minimum absolute atomic E-state index is 0.104. The quantitative estimate of drug-likeness (QED) is 0.296. The van der Waals surface area contributed by atoms with E-state index in [2.05, 4.69) is 10.5 Å². The molecule has 1 unspecified atom stereocenters. The molecule has 0 heterocycles. The third kappa shape index (κ3) is 3.59. The standard InChI is InChI=1S/C11H17N3O/c1-2-13-10(8-11(12)14-15)9-6-4-3-5-7-9/h3-7,10,13,15H,2,8H2,1H3,(H2,12,14). The lowest BCUT2D eigenvalue weighted by Crippen LogP contribution is -2.26. The Balaban J connectivity index is 2.74. The minimum atomic E-state index is 0.104. The van der Waals surface area contributed by atoms with E-state index in [9.17, 15) is 0 Å². The summed E-state index contributed by atoms with van der Waals surface area (Å²) < 4.78 is 0. The molecule has 0 amide bonds. The van der Waals surface area contributed by atoms with Gasteiger partial charge >= 0.3 is 0 Å². The molecule has 4 nitrogen and oxygen atoms in total. The SMILES string of the molecule is CCNC(CC(N)=NO)c1ccccc1.